The largest absolute Gasteiger partial charge is 0.372 e. The fourth-order valence-electron chi connectivity index (χ4n) is 2.97. The van der Waals surface area contributed by atoms with Crippen LogP contribution in [0.2, 0.25) is 0 Å². The first-order chi connectivity index (χ1) is 9.33. The molecule has 1 atom stereocenters. The number of hydrogen-bond donors (Lipinski definition) is 1. The van der Waals surface area contributed by atoms with Gasteiger partial charge in [-0.3, -0.25) is 4.21 Å². The minimum atomic E-state index is -0.839. The summed E-state index contributed by atoms with van der Waals surface area (Å²) in [4.78, 5) is 3.58. The first-order valence-electron chi connectivity index (χ1n) is 7.30. The van der Waals surface area contributed by atoms with E-state index in [1.54, 1.807) is 0 Å². The Balaban J connectivity index is 1.53. The molecule has 0 aromatic heterocycles. The molecule has 1 unspecified atom stereocenters. The number of likely N-dealkylation sites (tertiary alicyclic amines) is 1. The summed E-state index contributed by atoms with van der Waals surface area (Å²) in [6, 6.07) is 6.38. The second-order valence-corrected chi connectivity index (χ2v) is 6.92. The van der Waals surface area contributed by atoms with Crippen LogP contribution in [0.25, 0.3) is 0 Å². The number of nitrogens with one attached hydrogen (secondary N) is 1. The Kier molecular flexibility index (Phi) is 4.18. The van der Waals surface area contributed by atoms with Crippen LogP contribution in [-0.2, 0) is 17.2 Å². The zero-order valence-corrected chi connectivity index (χ0v) is 12.2. The zero-order chi connectivity index (χ0) is 13.1. The van der Waals surface area contributed by atoms with Gasteiger partial charge in [0.2, 0.25) is 0 Å². The van der Waals surface area contributed by atoms with Gasteiger partial charge in [0.15, 0.2) is 0 Å². The summed E-state index contributed by atoms with van der Waals surface area (Å²) in [5.74, 6) is 0.576. The van der Waals surface area contributed by atoms with Gasteiger partial charge in [0.1, 0.15) is 0 Å². The SMILES string of the molecule is O=S1CNc2ccc(CCCN3CCCCC3)cc21. The highest BCUT2D eigenvalue weighted by molar-refractivity contribution is 7.85. The lowest BCUT2D eigenvalue weighted by Gasteiger charge is -2.26. The maximum atomic E-state index is 11.8. The van der Waals surface area contributed by atoms with E-state index >= 15 is 0 Å². The van der Waals surface area contributed by atoms with Crippen molar-refractivity contribution in [3.8, 4) is 0 Å². The summed E-state index contributed by atoms with van der Waals surface area (Å²) in [5.41, 5.74) is 2.38. The lowest BCUT2D eigenvalue weighted by Crippen LogP contribution is -2.30. The molecule has 1 aromatic carbocycles. The summed E-state index contributed by atoms with van der Waals surface area (Å²) in [6.45, 7) is 3.76. The van der Waals surface area contributed by atoms with E-state index in [0.717, 1.165) is 17.0 Å². The quantitative estimate of drug-likeness (QED) is 0.919. The van der Waals surface area contributed by atoms with Crippen LogP contribution in [0.15, 0.2) is 23.1 Å². The van der Waals surface area contributed by atoms with E-state index in [-0.39, 0.29) is 0 Å². The molecule has 3 rings (SSSR count). The van der Waals surface area contributed by atoms with Crippen molar-refractivity contribution >= 4 is 16.5 Å². The van der Waals surface area contributed by atoms with E-state index in [2.05, 4.69) is 28.4 Å². The van der Waals surface area contributed by atoms with Crippen molar-refractivity contribution in [1.29, 1.82) is 0 Å². The monoisotopic (exact) mass is 278 g/mol. The van der Waals surface area contributed by atoms with Crippen LogP contribution in [0.1, 0.15) is 31.2 Å². The molecule has 1 N–H and O–H groups in total. The molecule has 0 amide bonds. The Morgan fingerprint density at radius 1 is 1.21 bits per heavy atom. The minimum absolute atomic E-state index is 0.576. The van der Waals surface area contributed by atoms with E-state index in [0.29, 0.717) is 5.88 Å². The number of piperidine rings is 1. The molecule has 0 radical (unpaired) electrons. The molecule has 2 heterocycles. The molecule has 104 valence electrons. The van der Waals surface area contributed by atoms with Gasteiger partial charge in [-0.2, -0.15) is 0 Å². The van der Waals surface area contributed by atoms with Crippen LogP contribution in [0.3, 0.4) is 0 Å². The van der Waals surface area contributed by atoms with Crippen molar-refractivity contribution in [2.45, 2.75) is 37.0 Å². The highest BCUT2D eigenvalue weighted by atomic mass is 32.2. The Morgan fingerprint density at radius 3 is 2.89 bits per heavy atom. The van der Waals surface area contributed by atoms with E-state index in [1.165, 1.54) is 50.9 Å². The first-order valence-corrected chi connectivity index (χ1v) is 8.62. The predicted octanol–water partition coefficient (Wildman–Crippen LogP) is 2.60. The van der Waals surface area contributed by atoms with Crippen LogP contribution in [0.5, 0.6) is 0 Å². The average Bonchev–Trinajstić information content (AvgIpc) is 2.82. The van der Waals surface area contributed by atoms with Crippen molar-refractivity contribution in [2.75, 3.05) is 30.8 Å². The number of hydrogen-bond acceptors (Lipinski definition) is 3. The van der Waals surface area contributed by atoms with Crippen molar-refractivity contribution in [2.24, 2.45) is 0 Å². The van der Waals surface area contributed by atoms with Crippen LogP contribution in [0.4, 0.5) is 5.69 Å². The van der Waals surface area contributed by atoms with Gasteiger partial charge >= 0.3 is 0 Å². The summed E-state index contributed by atoms with van der Waals surface area (Å²) >= 11 is 0. The Morgan fingerprint density at radius 2 is 2.05 bits per heavy atom. The van der Waals surface area contributed by atoms with E-state index < -0.39 is 10.8 Å². The molecule has 0 bridgehead atoms. The second kappa shape index (κ2) is 6.06. The summed E-state index contributed by atoms with van der Waals surface area (Å²) in [5, 5.41) is 3.18. The van der Waals surface area contributed by atoms with Crippen LogP contribution in [0, 0.1) is 0 Å². The van der Waals surface area contributed by atoms with Gasteiger partial charge in [-0.15, -0.1) is 0 Å². The lowest BCUT2D eigenvalue weighted by molar-refractivity contribution is 0.226. The van der Waals surface area contributed by atoms with Gasteiger partial charge < -0.3 is 10.2 Å². The lowest BCUT2D eigenvalue weighted by atomic mass is 10.1. The van der Waals surface area contributed by atoms with Crippen LogP contribution >= 0.6 is 0 Å². The summed E-state index contributed by atoms with van der Waals surface area (Å²) in [6.07, 6.45) is 6.44. The van der Waals surface area contributed by atoms with Crippen molar-refractivity contribution < 1.29 is 4.21 Å². The maximum absolute atomic E-state index is 11.8. The molecule has 19 heavy (non-hydrogen) atoms. The van der Waals surface area contributed by atoms with Gasteiger partial charge in [-0.05, 0) is 63.0 Å². The molecule has 1 aromatic rings. The topological polar surface area (TPSA) is 32.3 Å². The van der Waals surface area contributed by atoms with Crippen LogP contribution in [-0.4, -0.2) is 34.6 Å². The fraction of sp³-hybridized carbons (Fsp3) is 0.600. The van der Waals surface area contributed by atoms with E-state index in [1.807, 2.05) is 0 Å². The van der Waals surface area contributed by atoms with Crippen molar-refractivity contribution in [3.63, 3.8) is 0 Å². The fourth-order valence-corrected chi connectivity index (χ4v) is 4.08. The number of anilines is 1. The molecule has 2 aliphatic heterocycles. The zero-order valence-electron chi connectivity index (χ0n) is 11.4. The molecule has 1 saturated heterocycles. The van der Waals surface area contributed by atoms with Crippen molar-refractivity contribution in [1.82, 2.24) is 4.90 Å². The predicted molar refractivity (Wildman–Crippen MR) is 80.0 cm³/mol. The molecular formula is C15H22N2OS. The Bertz CT molecular complexity index is 469. The first kappa shape index (κ1) is 13.1. The van der Waals surface area contributed by atoms with Gasteiger partial charge in [0.25, 0.3) is 0 Å². The van der Waals surface area contributed by atoms with Crippen LogP contribution < -0.4 is 5.32 Å². The van der Waals surface area contributed by atoms with Crippen molar-refractivity contribution in [3.05, 3.63) is 23.8 Å². The molecule has 2 aliphatic rings. The molecule has 4 heteroatoms. The van der Waals surface area contributed by atoms with E-state index in [4.69, 9.17) is 0 Å². The maximum Gasteiger partial charge on any atom is 0.0959 e. The van der Waals surface area contributed by atoms with Gasteiger partial charge in [-0.1, -0.05) is 12.5 Å². The molecule has 3 nitrogen and oxygen atoms in total. The Hall–Kier alpha value is -0.870. The second-order valence-electron chi connectivity index (χ2n) is 5.50. The highest BCUT2D eigenvalue weighted by Gasteiger charge is 2.17. The molecule has 0 saturated carbocycles. The smallest absolute Gasteiger partial charge is 0.0959 e. The number of rotatable bonds is 4. The standard InChI is InChI=1S/C15H22N2OS/c18-19-12-16-14-7-6-13(11-15(14)19)5-4-10-17-8-2-1-3-9-17/h6-7,11,16H,1-5,8-10,12H2. The number of fused-ring (bicyclic) bond motifs is 1. The van der Waals surface area contributed by atoms with Gasteiger partial charge in [0, 0.05) is 0 Å². The normalized spacial score (nSPS) is 23.1. The molecule has 1 fully saturated rings. The number of nitrogens with zero attached hydrogens (tertiary/aromatic N) is 1. The van der Waals surface area contributed by atoms with Gasteiger partial charge in [-0.25, -0.2) is 0 Å². The molecular weight excluding hydrogens is 256 g/mol. The minimum Gasteiger partial charge on any atom is -0.372 e. The summed E-state index contributed by atoms with van der Waals surface area (Å²) in [7, 11) is -0.839. The summed E-state index contributed by atoms with van der Waals surface area (Å²) < 4.78 is 11.8. The average molecular weight is 278 g/mol. The molecule has 0 spiro atoms. The molecule has 0 aliphatic carbocycles. The number of benzene rings is 1. The Labute approximate surface area is 117 Å². The van der Waals surface area contributed by atoms with E-state index in [9.17, 15) is 4.21 Å². The number of aryl methyl sites for hydroxylation is 1. The highest BCUT2D eigenvalue weighted by Crippen LogP contribution is 2.27. The third-order valence-corrected chi connectivity index (χ3v) is 5.31. The van der Waals surface area contributed by atoms with Gasteiger partial charge in [0.05, 0.1) is 27.3 Å². The third-order valence-electron chi connectivity index (χ3n) is 4.07. The third kappa shape index (κ3) is 3.18.